The number of carbonyl (C=O) groups is 1. The number of carbonyl (C=O) groups excluding carboxylic acids is 1. The van der Waals surface area contributed by atoms with Gasteiger partial charge in [0, 0.05) is 24.7 Å². The van der Waals surface area contributed by atoms with Crippen molar-refractivity contribution in [3.63, 3.8) is 0 Å². The van der Waals surface area contributed by atoms with E-state index in [1.165, 1.54) is 11.1 Å². The first kappa shape index (κ1) is 12.3. The van der Waals surface area contributed by atoms with E-state index in [1.54, 1.807) is 0 Å². The van der Waals surface area contributed by atoms with Crippen LogP contribution in [0.25, 0.3) is 0 Å². The number of rotatable bonds is 3. The Labute approximate surface area is 103 Å². The Balaban J connectivity index is 2.36. The topological polar surface area (TPSA) is 46.3 Å². The van der Waals surface area contributed by atoms with Crippen molar-refractivity contribution in [3.05, 3.63) is 34.9 Å². The fourth-order valence-corrected chi connectivity index (χ4v) is 2.41. The molecule has 1 aliphatic rings. The maximum Gasteiger partial charge on any atom is 0.176 e. The summed E-state index contributed by atoms with van der Waals surface area (Å²) in [5.41, 5.74) is 8.77. The van der Waals surface area contributed by atoms with Crippen LogP contribution >= 0.6 is 0 Å². The lowest BCUT2D eigenvalue weighted by atomic mass is 9.92. The fraction of sp³-hybridized carbons (Fsp3) is 0.500. The lowest BCUT2D eigenvalue weighted by Crippen LogP contribution is -2.37. The summed E-state index contributed by atoms with van der Waals surface area (Å²) in [6.45, 7) is 6.43. The Morgan fingerprint density at radius 2 is 2.24 bits per heavy atom. The number of nitrogens with zero attached hydrogens (tertiary/aromatic N) is 1. The summed E-state index contributed by atoms with van der Waals surface area (Å²) in [5.74, 6) is 0.0486. The average molecular weight is 232 g/mol. The van der Waals surface area contributed by atoms with Crippen LogP contribution in [-0.2, 0) is 13.0 Å². The second-order valence-electron chi connectivity index (χ2n) is 4.88. The third-order valence-corrected chi connectivity index (χ3v) is 3.52. The number of benzene rings is 1. The van der Waals surface area contributed by atoms with E-state index >= 15 is 0 Å². The highest BCUT2D eigenvalue weighted by Gasteiger charge is 2.22. The molecule has 0 aliphatic carbocycles. The average Bonchev–Trinajstić information content (AvgIpc) is 2.36. The van der Waals surface area contributed by atoms with E-state index in [4.69, 9.17) is 5.73 Å². The summed E-state index contributed by atoms with van der Waals surface area (Å²) >= 11 is 0. The Morgan fingerprint density at radius 1 is 1.47 bits per heavy atom. The van der Waals surface area contributed by atoms with Crippen molar-refractivity contribution >= 4 is 5.78 Å². The third kappa shape index (κ3) is 2.40. The molecule has 2 N–H and O–H groups in total. The summed E-state index contributed by atoms with van der Waals surface area (Å²) in [4.78, 5) is 14.2. The van der Waals surface area contributed by atoms with Crippen LogP contribution < -0.4 is 5.73 Å². The maximum absolute atomic E-state index is 11.8. The third-order valence-electron chi connectivity index (χ3n) is 3.52. The van der Waals surface area contributed by atoms with Gasteiger partial charge in [0.05, 0.1) is 6.54 Å². The van der Waals surface area contributed by atoms with E-state index in [2.05, 4.69) is 24.8 Å². The van der Waals surface area contributed by atoms with Gasteiger partial charge in [0.1, 0.15) is 0 Å². The molecule has 0 unspecified atom stereocenters. The molecule has 0 aromatic heterocycles. The molecule has 1 aliphatic heterocycles. The zero-order chi connectivity index (χ0) is 12.4. The predicted octanol–water partition coefficient (Wildman–Crippen LogP) is 1.59. The van der Waals surface area contributed by atoms with Crippen molar-refractivity contribution in [2.45, 2.75) is 32.9 Å². The lowest BCUT2D eigenvalue weighted by molar-refractivity contribution is 0.0997. The highest BCUT2D eigenvalue weighted by atomic mass is 16.1. The fourth-order valence-electron chi connectivity index (χ4n) is 2.41. The molecule has 3 heteroatoms. The van der Waals surface area contributed by atoms with Crippen molar-refractivity contribution in [1.82, 2.24) is 4.90 Å². The smallest absolute Gasteiger partial charge is 0.176 e. The van der Waals surface area contributed by atoms with Crippen LogP contribution in [0, 0.1) is 0 Å². The minimum absolute atomic E-state index is 0.0486. The van der Waals surface area contributed by atoms with Gasteiger partial charge < -0.3 is 5.73 Å². The van der Waals surface area contributed by atoms with E-state index in [1.807, 2.05) is 12.1 Å². The number of hydrogen-bond acceptors (Lipinski definition) is 3. The summed E-state index contributed by atoms with van der Waals surface area (Å²) < 4.78 is 0. The Hall–Kier alpha value is -1.19. The predicted molar refractivity (Wildman–Crippen MR) is 69.1 cm³/mol. The second kappa shape index (κ2) is 4.98. The molecule has 0 saturated carbocycles. The van der Waals surface area contributed by atoms with Gasteiger partial charge in [-0.1, -0.05) is 18.2 Å². The van der Waals surface area contributed by atoms with Crippen LogP contribution in [0.2, 0.25) is 0 Å². The largest absolute Gasteiger partial charge is 0.324 e. The molecule has 1 aromatic carbocycles. The lowest BCUT2D eigenvalue weighted by Gasteiger charge is -2.32. The van der Waals surface area contributed by atoms with E-state index in [-0.39, 0.29) is 12.3 Å². The number of fused-ring (bicyclic) bond motifs is 1. The van der Waals surface area contributed by atoms with Gasteiger partial charge in [-0.15, -0.1) is 0 Å². The van der Waals surface area contributed by atoms with Crippen LogP contribution in [0.1, 0.15) is 35.3 Å². The molecule has 0 spiro atoms. The molecule has 0 bridgehead atoms. The highest BCUT2D eigenvalue weighted by Crippen LogP contribution is 2.24. The second-order valence-corrected chi connectivity index (χ2v) is 4.88. The number of nitrogens with two attached hydrogens (primary N) is 1. The highest BCUT2D eigenvalue weighted by molar-refractivity contribution is 5.99. The maximum atomic E-state index is 11.8. The van der Waals surface area contributed by atoms with Gasteiger partial charge in [0.15, 0.2) is 5.78 Å². The number of hydrogen-bond donors (Lipinski definition) is 1. The summed E-state index contributed by atoms with van der Waals surface area (Å²) in [5, 5.41) is 0. The molecule has 2 rings (SSSR count). The van der Waals surface area contributed by atoms with Gasteiger partial charge in [0.2, 0.25) is 0 Å². The first-order valence-corrected chi connectivity index (χ1v) is 6.21. The molecular weight excluding hydrogens is 212 g/mol. The van der Waals surface area contributed by atoms with Crippen LogP contribution in [0.15, 0.2) is 18.2 Å². The number of Topliss-reactive ketones (excluding diaryl/α,β-unsaturated/α-hetero) is 1. The molecule has 0 saturated heterocycles. The zero-order valence-corrected chi connectivity index (χ0v) is 10.6. The van der Waals surface area contributed by atoms with Crippen LogP contribution in [0.3, 0.4) is 0 Å². The van der Waals surface area contributed by atoms with Gasteiger partial charge in [0.25, 0.3) is 0 Å². The van der Waals surface area contributed by atoms with Crippen molar-refractivity contribution in [1.29, 1.82) is 0 Å². The van der Waals surface area contributed by atoms with Gasteiger partial charge >= 0.3 is 0 Å². The summed E-state index contributed by atoms with van der Waals surface area (Å²) in [6, 6.07) is 6.51. The molecule has 0 amide bonds. The standard InChI is InChI=1S/C14H20N2O/c1-10(2)16-7-6-11-4-3-5-12(13(11)9-16)14(17)8-15/h3-5,10H,6-9,15H2,1-2H3. The Bertz CT molecular complexity index is 426. The molecule has 3 nitrogen and oxygen atoms in total. The van der Waals surface area contributed by atoms with Crippen molar-refractivity contribution in [2.75, 3.05) is 13.1 Å². The molecule has 0 fully saturated rings. The number of ketones is 1. The Morgan fingerprint density at radius 3 is 2.88 bits per heavy atom. The van der Waals surface area contributed by atoms with Crippen LogP contribution in [-0.4, -0.2) is 29.8 Å². The molecular formula is C14H20N2O. The normalized spacial score (nSPS) is 16.0. The molecule has 0 radical (unpaired) electrons. The van der Waals surface area contributed by atoms with E-state index < -0.39 is 0 Å². The molecule has 17 heavy (non-hydrogen) atoms. The zero-order valence-electron chi connectivity index (χ0n) is 10.6. The SMILES string of the molecule is CC(C)N1CCc2cccc(C(=O)CN)c2C1. The van der Waals surface area contributed by atoms with E-state index in [9.17, 15) is 4.79 Å². The minimum atomic E-state index is 0.0486. The van der Waals surface area contributed by atoms with Gasteiger partial charge in [-0.05, 0) is 31.4 Å². The van der Waals surface area contributed by atoms with Crippen molar-refractivity contribution in [2.24, 2.45) is 5.73 Å². The minimum Gasteiger partial charge on any atom is -0.324 e. The van der Waals surface area contributed by atoms with Gasteiger partial charge in [-0.3, -0.25) is 9.69 Å². The van der Waals surface area contributed by atoms with Crippen LogP contribution in [0.4, 0.5) is 0 Å². The Kier molecular flexibility index (Phi) is 3.60. The van der Waals surface area contributed by atoms with Gasteiger partial charge in [-0.2, -0.15) is 0 Å². The van der Waals surface area contributed by atoms with Crippen LogP contribution in [0.5, 0.6) is 0 Å². The molecule has 92 valence electrons. The van der Waals surface area contributed by atoms with Gasteiger partial charge in [-0.25, -0.2) is 0 Å². The summed E-state index contributed by atoms with van der Waals surface area (Å²) in [7, 11) is 0. The first-order valence-electron chi connectivity index (χ1n) is 6.21. The molecule has 1 aromatic rings. The monoisotopic (exact) mass is 232 g/mol. The molecule has 1 heterocycles. The summed E-state index contributed by atoms with van der Waals surface area (Å²) in [6.07, 6.45) is 1.03. The van der Waals surface area contributed by atoms with E-state index in [0.717, 1.165) is 25.1 Å². The van der Waals surface area contributed by atoms with E-state index in [0.29, 0.717) is 6.04 Å². The quantitative estimate of drug-likeness (QED) is 0.805. The molecule has 0 atom stereocenters. The van der Waals surface area contributed by atoms with Crippen molar-refractivity contribution < 1.29 is 4.79 Å². The van der Waals surface area contributed by atoms with Crippen molar-refractivity contribution in [3.8, 4) is 0 Å². The first-order chi connectivity index (χ1) is 8.13.